The molecule has 240 valence electrons. The number of carbonyl (C=O) groups is 6. The molecule has 0 aliphatic heterocycles. The van der Waals surface area contributed by atoms with E-state index in [9.17, 15) is 37.2 Å². The van der Waals surface area contributed by atoms with Crippen molar-refractivity contribution in [1.29, 1.82) is 0 Å². The van der Waals surface area contributed by atoms with Gasteiger partial charge in [0.25, 0.3) is 0 Å². The lowest BCUT2D eigenvalue weighted by atomic mass is 10.0. The fraction of sp³-hybridized carbons (Fsp3) is 0.680. The summed E-state index contributed by atoms with van der Waals surface area (Å²) < 4.78 is 39.4. The van der Waals surface area contributed by atoms with Crippen LogP contribution in [0.15, 0.2) is 12.7 Å². The lowest BCUT2D eigenvalue weighted by molar-refractivity contribution is -0.145. The molecule has 0 saturated heterocycles. The Balaban J connectivity index is 5.05. The molecular formula is C25H42N4O12S. The van der Waals surface area contributed by atoms with Crippen LogP contribution in [-0.4, -0.2) is 109 Å². The van der Waals surface area contributed by atoms with Gasteiger partial charge in [-0.15, -0.1) is 0 Å². The summed E-state index contributed by atoms with van der Waals surface area (Å²) in [6, 6.07) is -3.30. The van der Waals surface area contributed by atoms with Crippen LogP contribution in [0.25, 0.3) is 0 Å². The molecule has 3 atom stereocenters. The van der Waals surface area contributed by atoms with Crippen molar-refractivity contribution < 1.29 is 56.3 Å². The quantitative estimate of drug-likeness (QED) is 0.0600. The van der Waals surface area contributed by atoms with Gasteiger partial charge < -0.3 is 35.4 Å². The van der Waals surface area contributed by atoms with Crippen LogP contribution in [0.3, 0.4) is 0 Å². The maximum absolute atomic E-state index is 12.7. The lowest BCUT2D eigenvalue weighted by Gasteiger charge is -2.25. The third-order valence-electron chi connectivity index (χ3n) is 5.60. The average Bonchev–Trinajstić information content (AvgIpc) is 2.89. The smallest absolute Gasteiger partial charge is 0.329 e. The fourth-order valence-electron chi connectivity index (χ4n) is 3.31. The predicted molar refractivity (Wildman–Crippen MR) is 148 cm³/mol. The highest BCUT2D eigenvalue weighted by Crippen LogP contribution is 2.06. The number of esters is 2. The summed E-state index contributed by atoms with van der Waals surface area (Å²) in [5.41, 5.74) is 0. The summed E-state index contributed by atoms with van der Waals surface area (Å²) in [7, 11) is -4.53. The highest BCUT2D eigenvalue weighted by molar-refractivity contribution is 7.85. The average molecular weight is 623 g/mol. The first-order chi connectivity index (χ1) is 19.5. The molecule has 42 heavy (non-hydrogen) atoms. The first kappa shape index (κ1) is 38.4. The van der Waals surface area contributed by atoms with E-state index in [2.05, 4.69) is 27.3 Å². The van der Waals surface area contributed by atoms with Crippen molar-refractivity contribution in [3.8, 4) is 0 Å². The van der Waals surface area contributed by atoms with E-state index in [0.717, 1.165) is 0 Å². The normalized spacial score (nSPS) is 13.4. The van der Waals surface area contributed by atoms with Gasteiger partial charge in [0.15, 0.2) is 0 Å². The molecule has 0 heterocycles. The van der Waals surface area contributed by atoms with E-state index in [0.29, 0.717) is 0 Å². The van der Waals surface area contributed by atoms with Gasteiger partial charge >= 0.3 is 28.0 Å². The van der Waals surface area contributed by atoms with E-state index in [1.165, 1.54) is 19.9 Å². The first-order valence-corrected chi connectivity index (χ1v) is 14.8. The molecule has 0 radical (unpaired) electrons. The Morgan fingerprint density at radius 2 is 1.45 bits per heavy atom. The lowest BCUT2D eigenvalue weighted by Crippen LogP contribution is -2.53. The zero-order valence-corrected chi connectivity index (χ0v) is 25.1. The number of rotatable bonds is 21. The predicted octanol–water partition coefficient (Wildman–Crippen LogP) is -0.799. The Kier molecular flexibility index (Phi) is 17.9. The summed E-state index contributed by atoms with van der Waals surface area (Å²) in [5, 5.41) is 16.3. The van der Waals surface area contributed by atoms with Crippen LogP contribution in [0.5, 0.6) is 0 Å². The van der Waals surface area contributed by atoms with Crippen molar-refractivity contribution in [3.05, 3.63) is 12.7 Å². The zero-order chi connectivity index (χ0) is 32.5. The van der Waals surface area contributed by atoms with Gasteiger partial charge in [0.1, 0.15) is 24.7 Å². The largest absolute Gasteiger partial charge is 0.480 e. The highest BCUT2D eigenvalue weighted by Gasteiger charge is 2.27. The van der Waals surface area contributed by atoms with E-state index in [-0.39, 0.29) is 57.8 Å². The minimum Gasteiger partial charge on any atom is -0.480 e. The number of hydrogen-bond donors (Lipinski definition) is 5. The number of carboxylic acids is 1. The molecule has 0 spiro atoms. The molecule has 0 rings (SSSR count). The molecule has 0 saturated carbocycles. The molecule has 16 nitrogen and oxygen atoms in total. The molecule has 0 aliphatic rings. The second kappa shape index (κ2) is 19.5. The van der Waals surface area contributed by atoms with Crippen LogP contribution < -0.4 is 16.0 Å². The molecule has 0 aromatic heterocycles. The van der Waals surface area contributed by atoms with E-state index in [4.69, 9.17) is 14.4 Å². The Morgan fingerprint density at radius 3 is 2.00 bits per heavy atom. The van der Waals surface area contributed by atoms with Gasteiger partial charge in [-0.2, -0.15) is 8.42 Å². The molecule has 3 amide bonds. The summed E-state index contributed by atoms with van der Waals surface area (Å²) in [6.45, 7) is 10.1. The van der Waals surface area contributed by atoms with Crippen LogP contribution >= 0.6 is 0 Å². The Labute approximate surface area is 245 Å². The van der Waals surface area contributed by atoms with E-state index < -0.39 is 69.8 Å². The first-order valence-electron chi connectivity index (χ1n) is 13.2. The number of nitrogens with zero attached hydrogens (tertiary/aromatic N) is 1. The maximum atomic E-state index is 12.7. The van der Waals surface area contributed by atoms with E-state index in [1.54, 1.807) is 18.7 Å². The van der Waals surface area contributed by atoms with E-state index >= 15 is 0 Å². The third-order valence-corrected chi connectivity index (χ3v) is 6.02. The molecule has 0 unspecified atom stereocenters. The minimum atomic E-state index is -4.53. The highest BCUT2D eigenvalue weighted by atomic mass is 32.2. The molecule has 0 fully saturated rings. The number of aliphatic carboxylic acids is 1. The van der Waals surface area contributed by atoms with Gasteiger partial charge in [0.2, 0.25) is 23.7 Å². The SMILES string of the molecule is C=CCOC(=O)CCN(CCCC(=O)N[C@@H](C)C(=O)OCS(=O)(=O)O)CCC(=O)N[C@H](C(=O)N[C@@H](C)C(=O)O)C(C)C. The van der Waals surface area contributed by atoms with Gasteiger partial charge in [-0.1, -0.05) is 26.5 Å². The van der Waals surface area contributed by atoms with Crippen molar-refractivity contribution in [2.75, 3.05) is 32.2 Å². The van der Waals surface area contributed by atoms with Crippen molar-refractivity contribution >= 4 is 45.7 Å². The number of ether oxygens (including phenoxy) is 2. The molecular weight excluding hydrogens is 580 g/mol. The van der Waals surface area contributed by atoms with Crippen molar-refractivity contribution in [1.82, 2.24) is 20.9 Å². The summed E-state index contributed by atoms with van der Waals surface area (Å²) in [4.78, 5) is 73.8. The third kappa shape index (κ3) is 18.0. The van der Waals surface area contributed by atoms with Crippen LogP contribution in [-0.2, 0) is 48.4 Å². The second-order valence-electron chi connectivity index (χ2n) is 9.73. The van der Waals surface area contributed by atoms with Crippen molar-refractivity contribution in [2.24, 2.45) is 5.92 Å². The molecule has 0 aromatic rings. The topological polar surface area (TPSA) is 235 Å². The Morgan fingerprint density at radius 1 is 0.857 bits per heavy atom. The van der Waals surface area contributed by atoms with Gasteiger partial charge in [-0.25, -0.2) is 4.79 Å². The number of amides is 3. The summed E-state index contributed by atoms with van der Waals surface area (Å²) in [6.07, 6.45) is 1.53. The number of hydrogen-bond acceptors (Lipinski definition) is 11. The van der Waals surface area contributed by atoms with Gasteiger partial charge in [-0.3, -0.25) is 28.5 Å². The van der Waals surface area contributed by atoms with Crippen molar-refractivity contribution in [2.45, 2.75) is 71.5 Å². The fourth-order valence-corrected chi connectivity index (χ4v) is 3.57. The van der Waals surface area contributed by atoms with E-state index in [1.807, 2.05) is 0 Å². The molecule has 17 heteroatoms. The van der Waals surface area contributed by atoms with Gasteiger partial charge in [-0.05, 0) is 32.7 Å². The minimum absolute atomic E-state index is 0.0115. The molecule has 0 bridgehead atoms. The number of carboxylic acid groups (broad SMARTS) is 1. The van der Waals surface area contributed by atoms with Gasteiger partial charge in [0.05, 0.1) is 6.42 Å². The second-order valence-corrected chi connectivity index (χ2v) is 11.1. The van der Waals surface area contributed by atoms with Crippen LogP contribution in [0, 0.1) is 5.92 Å². The summed E-state index contributed by atoms with van der Waals surface area (Å²) >= 11 is 0. The molecule has 0 aliphatic carbocycles. The maximum Gasteiger partial charge on any atom is 0.329 e. The Bertz CT molecular complexity index is 1060. The molecule has 5 N–H and O–H groups in total. The standard InChI is InChI=1S/C25H42N4O12S/c1-6-14-40-21(32)10-13-29(11-7-8-19(30)26-18(5)25(36)41-15-42(37,38)39)12-9-20(31)28-22(16(2)3)23(33)27-17(4)24(34)35/h6,16-18,22H,1,7-15H2,2-5H3,(H,26,30)(H,27,33)(H,28,31)(H,34,35)(H,37,38,39)/t17-,18-,22-/m0/s1. The summed E-state index contributed by atoms with van der Waals surface area (Å²) in [5.74, 6) is -6.03. The Hall–Kier alpha value is -3.57. The van der Waals surface area contributed by atoms with Crippen LogP contribution in [0.4, 0.5) is 0 Å². The monoisotopic (exact) mass is 622 g/mol. The molecule has 0 aromatic carbocycles. The van der Waals surface area contributed by atoms with Crippen molar-refractivity contribution in [3.63, 3.8) is 0 Å². The van der Waals surface area contributed by atoms with Crippen LogP contribution in [0.2, 0.25) is 0 Å². The van der Waals surface area contributed by atoms with Gasteiger partial charge in [0, 0.05) is 25.9 Å². The number of nitrogens with one attached hydrogen (secondary N) is 3. The van der Waals surface area contributed by atoms with Crippen LogP contribution in [0.1, 0.15) is 53.4 Å². The zero-order valence-electron chi connectivity index (χ0n) is 24.3. The number of carbonyl (C=O) groups excluding carboxylic acids is 5.